The number of carbonyl (C=O) groups excluding carboxylic acids is 5. The van der Waals surface area contributed by atoms with Crippen LogP contribution in [0.25, 0.3) is 0 Å². The minimum Gasteiger partial charge on any atom is -0.496 e. The highest BCUT2D eigenvalue weighted by Crippen LogP contribution is 2.45. The maximum atomic E-state index is 14.3. The van der Waals surface area contributed by atoms with E-state index in [0.29, 0.717) is 30.7 Å². The number of cyclic esters (lactones) is 1. The van der Waals surface area contributed by atoms with Gasteiger partial charge in [0.15, 0.2) is 0 Å². The molecular weight excluding hydrogens is 694 g/mol. The second kappa shape index (κ2) is 15.7. The van der Waals surface area contributed by atoms with Crippen molar-refractivity contribution in [2.45, 2.75) is 114 Å². The number of fused-ring (bicyclic) bond motifs is 4. The fourth-order valence-electron chi connectivity index (χ4n) is 6.83. The van der Waals surface area contributed by atoms with E-state index >= 15 is 0 Å². The summed E-state index contributed by atoms with van der Waals surface area (Å²) in [6.45, 7) is 8.97. The van der Waals surface area contributed by atoms with Crippen molar-refractivity contribution in [3.63, 3.8) is 0 Å². The van der Waals surface area contributed by atoms with Gasteiger partial charge in [0.25, 0.3) is 5.91 Å². The Morgan fingerprint density at radius 3 is 2.44 bits per heavy atom. The van der Waals surface area contributed by atoms with Crippen molar-refractivity contribution < 1.29 is 46.6 Å². The van der Waals surface area contributed by atoms with Gasteiger partial charge in [0.2, 0.25) is 21.8 Å². The molecule has 1 aromatic carbocycles. The third-order valence-electron chi connectivity index (χ3n) is 10.1. The van der Waals surface area contributed by atoms with Crippen LogP contribution in [0, 0.1) is 11.3 Å². The average Bonchev–Trinajstić information content (AvgIpc) is 4.00. The summed E-state index contributed by atoms with van der Waals surface area (Å²) in [7, 11) is -2.33. The van der Waals surface area contributed by atoms with Crippen LogP contribution in [0.1, 0.15) is 84.1 Å². The molecule has 4 bridgehead atoms. The van der Waals surface area contributed by atoms with Crippen LogP contribution in [0.15, 0.2) is 30.9 Å². The predicted molar refractivity (Wildman–Crippen MR) is 191 cm³/mol. The summed E-state index contributed by atoms with van der Waals surface area (Å²) in [6.07, 6.45) is 4.75. The lowest BCUT2D eigenvalue weighted by Crippen LogP contribution is -2.60. The van der Waals surface area contributed by atoms with Gasteiger partial charge in [-0.15, -0.1) is 6.58 Å². The van der Waals surface area contributed by atoms with E-state index in [9.17, 15) is 32.4 Å². The first kappa shape index (κ1) is 38.9. The monoisotopic (exact) mass is 745 g/mol. The number of carbonyl (C=O) groups is 5. The van der Waals surface area contributed by atoms with Crippen LogP contribution in [-0.2, 0) is 40.3 Å². The predicted octanol–water partition coefficient (Wildman–Crippen LogP) is 3.53. The van der Waals surface area contributed by atoms with E-state index in [1.165, 1.54) is 11.0 Å². The molecule has 2 heterocycles. The van der Waals surface area contributed by atoms with Crippen LogP contribution in [0.2, 0.25) is 0 Å². The van der Waals surface area contributed by atoms with Gasteiger partial charge >= 0.3 is 12.2 Å². The number of hydrogen-bond donors (Lipinski definition) is 4. The first-order valence-corrected chi connectivity index (χ1v) is 19.5. The normalized spacial score (nSPS) is 27.8. The second-order valence-corrected chi connectivity index (χ2v) is 17.2. The molecule has 1 aromatic rings. The highest BCUT2D eigenvalue weighted by Gasteiger charge is 2.62. The number of aryl methyl sites for hydroxylation is 1. The first-order chi connectivity index (χ1) is 24.6. The molecule has 3 fully saturated rings. The highest BCUT2D eigenvalue weighted by atomic mass is 32.2. The molecule has 1 unspecified atom stereocenters. The molecule has 0 spiro atoms. The quantitative estimate of drug-likeness (QED) is 0.300. The Balaban J connectivity index is 1.41. The van der Waals surface area contributed by atoms with Crippen LogP contribution >= 0.6 is 0 Å². The van der Waals surface area contributed by atoms with Crippen molar-refractivity contribution in [1.29, 1.82) is 0 Å². The van der Waals surface area contributed by atoms with Gasteiger partial charge in [-0.05, 0) is 67.7 Å². The Bertz CT molecular complexity index is 1670. The summed E-state index contributed by atoms with van der Waals surface area (Å²) in [5.74, 6) is -2.10. The van der Waals surface area contributed by atoms with Gasteiger partial charge in [-0.25, -0.2) is 18.0 Å². The topological polar surface area (TPSA) is 199 Å². The standard InChI is InChI=1S/C36H51N5O10S/c1-6-23-20-36(23,32(44)40-52(47,48)26-14-15-26)39-30(42)27-19-25-21-41(27)31(43)29(35(2,3)4)38-33(45)50-17-11-9-7-8-10-12-22-18-24(37-34(46)51-25)13-16-28(22)49-5/h6,13,16,18,23,25-27,29H,1,7-12,14-15,17,19-21H2,2-5H3,(H,37,46)(H,38,45)(H,39,42)(H,40,44)/t23?,25-,27+,29-,36-/m1/s1. The average molecular weight is 746 g/mol. The van der Waals surface area contributed by atoms with Gasteiger partial charge in [-0.2, -0.15) is 0 Å². The maximum absolute atomic E-state index is 14.3. The van der Waals surface area contributed by atoms with Crippen molar-refractivity contribution in [2.75, 3.05) is 25.6 Å². The molecule has 15 nitrogen and oxygen atoms in total. The molecule has 5 rings (SSSR count). The van der Waals surface area contributed by atoms with E-state index in [1.54, 1.807) is 40.0 Å². The molecule has 0 aromatic heterocycles. The second-order valence-electron chi connectivity index (χ2n) is 15.2. The number of nitrogens with zero attached hydrogens (tertiary/aromatic N) is 1. The molecule has 2 saturated carbocycles. The van der Waals surface area contributed by atoms with Crippen molar-refractivity contribution in [3.8, 4) is 5.75 Å². The lowest BCUT2D eigenvalue weighted by molar-refractivity contribution is -0.142. The zero-order chi connectivity index (χ0) is 37.8. The number of rotatable bonds is 7. The molecule has 52 heavy (non-hydrogen) atoms. The van der Waals surface area contributed by atoms with Crippen LogP contribution in [0.3, 0.4) is 0 Å². The van der Waals surface area contributed by atoms with Gasteiger partial charge in [0, 0.05) is 18.0 Å². The number of hydrogen-bond acceptors (Lipinski definition) is 10. The van der Waals surface area contributed by atoms with E-state index in [0.717, 1.165) is 37.7 Å². The third kappa shape index (κ3) is 9.17. The molecule has 5 amide bonds. The van der Waals surface area contributed by atoms with Crippen molar-refractivity contribution in [2.24, 2.45) is 11.3 Å². The summed E-state index contributed by atoms with van der Waals surface area (Å²) < 4.78 is 44.1. The molecule has 16 heteroatoms. The van der Waals surface area contributed by atoms with Gasteiger partial charge in [-0.1, -0.05) is 46.1 Å². The zero-order valence-electron chi connectivity index (χ0n) is 30.3. The van der Waals surface area contributed by atoms with Gasteiger partial charge in [0.1, 0.15) is 29.5 Å². The number of ether oxygens (including phenoxy) is 3. The fraction of sp³-hybridized carbons (Fsp3) is 0.639. The lowest BCUT2D eigenvalue weighted by atomic mass is 9.85. The Morgan fingerprint density at radius 2 is 1.79 bits per heavy atom. The van der Waals surface area contributed by atoms with E-state index in [4.69, 9.17) is 14.2 Å². The molecule has 5 atom stereocenters. The van der Waals surface area contributed by atoms with Crippen molar-refractivity contribution in [3.05, 3.63) is 36.4 Å². The summed E-state index contributed by atoms with van der Waals surface area (Å²) in [5.41, 5.74) is -1.03. The molecule has 4 aliphatic rings. The Kier molecular flexibility index (Phi) is 11.8. The summed E-state index contributed by atoms with van der Waals surface area (Å²) in [5, 5.41) is 7.48. The lowest BCUT2D eigenvalue weighted by Gasteiger charge is -2.35. The minimum atomic E-state index is -3.92. The molecular formula is C36H51N5O10S. The maximum Gasteiger partial charge on any atom is 0.411 e. The SMILES string of the molecule is C=CC1C[C@]1(NC(=O)[C@@H]1C[C@@H]2CN1C(=O)[C@H](C(C)(C)C)NC(=O)OCCCCCCCc1cc(ccc1OC)NC(=O)O2)C(=O)NS(=O)(=O)C1CC1. The largest absolute Gasteiger partial charge is 0.496 e. The third-order valence-corrected chi connectivity index (χ3v) is 11.9. The van der Waals surface area contributed by atoms with E-state index < -0.39 is 80.2 Å². The number of sulfonamides is 1. The number of methoxy groups -OCH3 is 1. The Labute approximate surface area is 305 Å². The Morgan fingerprint density at radius 1 is 1.08 bits per heavy atom. The van der Waals surface area contributed by atoms with Crippen LogP contribution in [-0.4, -0.2) is 92.5 Å². The van der Waals surface area contributed by atoms with Gasteiger partial charge in [-0.3, -0.25) is 24.4 Å². The van der Waals surface area contributed by atoms with E-state index in [-0.39, 0.29) is 26.0 Å². The number of amides is 5. The smallest absolute Gasteiger partial charge is 0.411 e. The number of alkyl carbamates (subject to hydrolysis) is 1. The molecule has 2 aliphatic carbocycles. The number of anilines is 1. The highest BCUT2D eigenvalue weighted by molar-refractivity contribution is 7.91. The summed E-state index contributed by atoms with van der Waals surface area (Å²) in [4.78, 5) is 69.2. The Hall–Kier alpha value is -4.34. The molecule has 286 valence electrons. The fourth-order valence-corrected chi connectivity index (χ4v) is 8.20. The molecule has 2 aliphatic heterocycles. The van der Waals surface area contributed by atoms with Crippen LogP contribution in [0.4, 0.5) is 15.3 Å². The van der Waals surface area contributed by atoms with Crippen molar-refractivity contribution in [1.82, 2.24) is 20.3 Å². The van der Waals surface area contributed by atoms with E-state index in [2.05, 4.69) is 27.3 Å². The number of nitrogens with one attached hydrogen (secondary N) is 4. The zero-order valence-corrected chi connectivity index (χ0v) is 31.1. The summed E-state index contributed by atoms with van der Waals surface area (Å²) >= 11 is 0. The minimum absolute atomic E-state index is 0.110. The molecule has 0 radical (unpaired) electrons. The number of benzene rings is 1. The van der Waals surface area contributed by atoms with Crippen molar-refractivity contribution >= 4 is 45.6 Å². The summed E-state index contributed by atoms with van der Waals surface area (Å²) in [6, 6.07) is 2.89. The first-order valence-electron chi connectivity index (χ1n) is 18.0. The van der Waals surface area contributed by atoms with Crippen LogP contribution in [0.5, 0.6) is 5.75 Å². The van der Waals surface area contributed by atoms with Gasteiger partial charge < -0.3 is 29.7 Å². The van der Waals surface area contributed by atoms with Crippen LogP contribution < -0.4 is 25.4 Å². The van der Waals surface area contributed by atoms with E-state index in [1.807, 2.05) is 6.07 Å². The van der Waals surface area contributed by atoms with Gasteiger partial charge in [0.05, 0.1) is 25.5 Å². The molecule has 1 saturated heterocycles. The molecule has 4 N–H and O–H groups in total.